The van der Waals surface area contributed by atoms with E-state index in [0.717, 1.165) is 44.0 Å². The number of aromatic nitrogens is 1. The number of ether oxygens (including phenoxy) is 1. The molecular formula is C21H29N5O. The van der Waals surface area contributed by atoms with Gasteiger partial charge in [0.15, 0.2) is 5.96 Å². The van der Waals surface area contributed by atoms with E-state index >= 15 is 0 Å². The second-order valence-electron chi connectivity index (χ2n) is 6.78. The molecule has 6 nitrogen and oxygen atoms in total. The van der Waals surface area contributed by atoms with Crippen LogP contribution in [0, 0.1) is 0 Å². The maximum absolute atomic E-state index is 5.30. The molecule has 0 aliphatic carbocycles. The molecule has 0 saturated carbocycles. The number of benzene rings is 1. The molecule has 1 saturated heterocycles. The summed E-state index contributed by atoms with van der Waals surface area (Å²) in [4.78, 5) is 11.1. The molecule has 2 N–H and O–H groups in total. The second kappa shape index (κ2) is 9.92. The Morgan fingerprint density at radius 1 is 1.19 bits per heavy atom. The Balaban J connectivity index is 1.44. The number of piperidine rings is 1. The predicted octanol–water partition coefficient (Wildman–Crippen LogP) is 2.42. The van der Waals surface area contributed by atoms with E-state index in [2.05, 4.69) is 55.8 Å². The molecule has 27 heavy (non-hydrogen) atoms. The minimum absolute atomic E-state index is 0.444. The van der Waals surface area contributed by atoms with Crippen LogP contribution in [0.25, 0.3) is 0 Å². The van der Waals surface area contributed by atoms with Gasteiger partial charge in [0.1, 0.15) is 0 Å². The number of rotatable bonds is 6. The molecule has 6 heteroatoms. The molecule has 0 atom stereocenters. The molecule has 0 amide bonds. The molecule has 1 aromatic heterocycles. The number of nitrogens with zero attached hydrogens (tertiary/aromatic N) is 3. The van der Waals surface area contributed by atoms with Crippen molar-refractivity contribution in [2.75, 3.05) is 27.2 Å². The molecule has 2 heterocycles. The summed E-state index contributed by atoms with van der Waals surface area (Å²) in [6.45, 7) is 3.85. The van der Waals surface area contributed by atoms with Crippen LogP contribution in [0.2, 0.25) is 0 Å². The van der Waals surface area contributed by atoms with Crippen molar-refractivity contribution in [2.24, 2.45) is 4.99 Å². The van der Waals surface area contributed by atoms with Gasteiger partial charge in [-0.1, -0.05) is 36.4 Å². The maximum atomic E-state index is 5.30. The molecule has 0 spiro atoms. The van der Waals surface area contributed by atoms with E-state index in [1.807, 2.05) is 12.1 Å². The third-order valence-electron chi connectivity index (χ3n) is 4.89. The fourth-order valence-electron chi connectivity index (χ4n) is 3.39. The number of pyridine rings is 1. The van der Waals surface area contributed by atoms with Gasteiger partial charge in [-0.25, -0.2) is 4.98 Å². The van der Waals surface area contributed by atoms with Crippen LogP contribution in [0.1, 0.15) is 24.0 Å². The van der Waals surface area contributed by atoms with E-state index in [1.54, 1.807) is 20.4 Å². The topological polar surface area (TPSA) is 61.8 Å². The Morgan fingerprint density at radius 2 is 1.96 bits per heavy atom. The summed E-state index contributed by atoms with van der Waals surface area (Å²) in [5.41, 5.74) is 2.40. The summed E-state index contributed by atoms with van der Waals surface area (Å²) < 4.78 is 5.30. The molecule has 0 unspecified atom stereocenters. The molecule has 1 fully saturated rings. The fourth-order valence-corrected chi connectivity index (χ4v) is 3.39. The van der Waals surface area contributed by atoms with E-state index in [9.17, 15) is 0 Å². The van der Waals surface area contributed by atoms with Crippen molar-refractivity contribution in [1.82, 2.24) is 20.5 Å². The summed E-state index contributed by atoms with van der Waals surface area (Å²) in [6, 6.07) is 15.0. The molecule has 2 aromatic rings. The Hall–Kier alpha value is -2.60. The summed E-state index contributed by atoms with van der Waals surface area (Å²) in [5.74, 6) is 1.47. The first-order valence-corrected chi connectivity index (χ1v) is 9.50. The third-order valence-corrected chi connectivity index (χ3v) is 4.89. The number of nitrogens with one attached hydrogen (secondary N) is 2. The summed E-state index contributed by atoms with van der Waals surface area (Å²) in [6.07, 6.45) is 3.96. The first-order chi connectivity index (χ1) is 13.3. The molecule has 0 bridgehead atoms. The van der Waals surface area contributed by atoms with Crippen molar-refractivity contribution in [2.45, 2.75) is 32.0 Å². The van der Waals surface area contributed by atoms with Gasteiger partial charge in [0.25, 0.3) is 0 Å². The Bertz CT molecular complexity index is 726. The van der Waals surface area contributed by atoms with Crippen molar-refractivity contribution in [3.8, 4) is 5.88 Å². The highest BCUT2D eigenvalue weighted by atomic mass is 16.5. The van der Waals surface area contributed by atoms with Crippen molar-refractivity contribution < 1.29 is 4.74 Å². The zero-order valence-corrected chi connectivity index (χ0v) is 16.2. The minimum atomic E-state index is 0.444. The highest BCUT2D eigenvalue weighted by Gasteiger charge is 2.20. The Labute approximate surface area is 161 Å². The SMILES string of the molecule is CN=C(NCc1cccnc1OC)NC1CCN(Cc2ccccc2)CC1. The first kappa shape index (κ1) is 19.2. The van der Waals surface area contributed by atoms with Crippen LogP contribution < -0.4 is 15.4 Å². The summed E-state index contributed by atoms with van der Waals surface area (Å²) >= 11 is 0. The lowest BCUT2D eigenvalue weighted by atomic mass is 10.0. The van der Waals surface area contributed by atoms with Crippen LogP contribution >= 0.6 is 0 Å². The van der Waals surface area contributed by atoms with Gasteiger partial charge in [-0.2, -0.15) is 0 Å². The number of likely N-dealkylation sites (tertiary alicyclic amines) is 1. The van der Waals surface area contributed by atoms with Crippen molar-refractivity contribution >= 4 is 5.96 Å². The monoisotopic (exact) mass is 367 g/mol. The molecule has 0 radical (unpaired) electrons. The van der Waals surface area contributed by atoms with Gasteiger partial charge >= 0.3 is 0 Å². The van der Waals surface area contributed by atoms with Gasteiger partial charge in [-0.3, -0.25) is 9.89 Å². The lowest BCUT2D eigenvalue weighted by Gasteiger charge is -2.33. The number of aliphatic imine (C=N–C) groups is 1. The average Bonchev–Trinajstić information content (AvgIpc) is 2.73. The van der Waals surface area contributed by atoms with E-state index in [1.165, 1.54) is 5.56 Å². The van der Waals surface area contributed by atoms with Crippen LogP contribution in [0.3, 0.4) is 0 Å². The van der Waals surface area contributed by atoms with E-state index in [4.69, 9.17) is 4.74 Å². The fraction of sp³-hybridized carbons (Fsp3) is 0.429. The quantitative estimate of drug-likeness (QED) is 0.606. The zero-order chi connectivity index (χ0) is 18.9. The van der Waals surface area contributed by atoms with Gasteiger partial charge in [-0.05, 0) is 24.5 Å². The van der Waals surface area contributed by atoms with Gasteiger partial charge in [0.2, 0.25) is 5.88 Å². The maximum Gasteiger partial charge on any atom is 0.218 e. The van der Waals surface area contributed by atoms with E-state index in [-0.39, 0.29) is 0 Å². The first-order valence-electron chi connectivity index (χ1n) is 9.50. The average molecular weight is 367 g/mol. The predicted molar refractivity (Wildman–Crippen MR) is 109 cm³/mol. The van der Waals surface area contributed by atoms with Crippen LogP contribution in [0.4, 0.5) is 0 Å². The van der Waals surface area contributed by atoms with Crippen molar-refractivity contribution in [3.63, 3.8) is 0 Å². The molecular weight excluding hydrogens is 338 g/mol. The van der Waals surface area contributed by atoms with Gasteiger partial charge < -0.3 is 15.4 Å². The smallest absolute Gasteiger partial charge is 0.218 e. The van der Waals surface area contributed by atoms with Crippen LogP contribution in [0.15, 0.2) is 53.7 Å². The van der Waals surface area contributed by atoms with Gasteiger partial charge in [0.05, 0.1) is 7.11 Å². The standard InChI is InChI=1S/C21H29N5O/c1-22-21(24-15-18-9-6-12-23-20(18)27-2)25-19-10-13-26(14-11-19)16-17-7-4-3-5-8-17/h3-9,12,19H,10-11,13-16H2,1-2H3,(H2,22,24,25). The number of hydrogen-bond donors (Lipinski definition) is 2. The summed E-state index contributed by atoms with van der Waals surface area (Å²) in [7, 11) is 3.45. The van der Waals surface area contributed by atoms with Crippen molar-refractivity contribution in [3.05, 3.63) is 59.8 Å². The molecule has 1 aliphatic heterocycles. The second-order valence-corrected chi connectivity index (χ2v) is 6.78. The lowest BCUT2D eigenvalue weighted by Crippen LogP contribution is -2.48. The van der Waals surface area contributed by atoms with E-state index < -0.39 is 0 Å². The Morgan fingerprint density at radius 3 is 2.67 bits per heavy atom. The largest absolute Gasteiger partial charge is 0.481 e. The van der Waals surface area contributed by atoms with Crippen LogP contribution in [-0.4, -0.2) is 49.1 Å². The molecule has 1 aromatic carbocycles. The van der Waals surface area contributed by atoms with Crippen LogP contribution in [-0.2, 0) is 13.1 Å². The van der Waals surface area contributed by atoms with Crippen LogP contribution in [0.5, 0.6) is 5.88 Å². The molecule has 1 aliphatic rings. The van der Waals surface area contributed by atoms with Gasteiger partial charge in [-0.15, -0.1) is 0 Å². The zero-order valence-electron chi connectivity index (χ0n) is 16.2. The normalized spacial score (nSPS) is 16.1. The molecule has 144 valence electrons. The lowest BCUT2D eigenvalue weighted by molar-refractivity contribution is 0.198. The number of methoxy groups -OCH3 is 1. The number of hydrogen-bond acceptors (Lipinski definition) is 4. The minimum Gasteiger partial charge on any atom is -0.481 e. The van der Waals surface area contributed by atoms with Gasteiger partial charge in [0, 0.05) is 51.0 Å². The summed E-state index contributed by atoms with van der Waals surface area (Å²) in [5, 5.41) is 6.91. The number of guanidine groups is 1. The van der Waals surface area contributed by atoms with E-state index in [0.29, 0.717) is 18.5 Å². The molecule has 3 rings (SSSR count). The Kier molecular flexibility index (Phi) is 7.04. The highest BCUT2D eigenvalue weighted by Crippen LogP contribution is 2.15. The highest BCUT2D eigenvalue weighted by molar-refractivity contribution is 5.80. The third kappa shape index (κ3) is 5.69. The van der Waals surface area contributed by atoms with Crippen molar-refractivity contribution in [1.29, 1.82) is 0 Å².